The first-order chi connectivity index (χ1) is 10.5. The topological polar surface area (TPSA) is 75.7 Å². The molecule has 0 fully saturated rings. The first-order valence-corrected chi connectivity index (χ1v) is 9.36. The molecule has 6 nitrogen and oxygen atoms in total. The molecule has 0 bridgehead atoms. The highest BCUT2D eigenvalue weighted by Crippen LogP contribution is 2.13. The van der Waals surface area contributed by atoms with Crippen LogP contribution in [0.25, 0.3) is 0 Å². The van der Waals surface area contributed by atoms with Crippen molar-refractivity contribution in [1.29, 1.82) is 0 Å². The van der Waals surface area contributed by atoms with Gasteiger partial charge in [-0.15, -0.1) is 0 Å². The number of halogens is 1. The number of carbonyl (C=O) groups excluding carboxylic acids is 1. The summed E-state index contributed by atoms with van der Waals surface area (Å²) in [5.41, 5.74) is 0.223. The molecule has 1 aromatic carbocycles. The first kappa shape index (κ1) is 19.7. The van der Waals surface area contributed by atoms with E-state index in [1.165, 1.54) is 4.31 Å². The number of nitrogens with one attached hydrogen (secondary N) is 1. The van der Waals surface area contributed by atoms with Crippen molar-refractivity contribution in [3.05, 3.63) is 34.9 Å². The number of nitrogens with zero attached hydrogens (tertiary/aromatic N) is 1. The molecule has 0 radical (unpaired) electrons. The molecule has 1 rings (SSSR count). The summed E-state index contributed by atoms with van der Waals surface area (Å²) in [4.78, 5) is 11.6. The normalized spacial score (nSPS) is 12.3. The summed E-state index contributed by atoms with van der Waals surface area (Å²) in [5.74, 6) is 0. The third-order valence-electron chi connectivity index (χ3n) is 2.77. The summed E-state index contributed by atoms with van der Waals surface area (Å²) < 4.78 is 30.1. The lowest BCUT2D eigenvalue weighted by Crippen LogP contribution is -2.39. The molecular formula is C15H23ClN2O4S. The molecule has 0 aliphatic rings. The lowest BCUT2D eigenvalue weighted by Gasteiger charge is -2.22. The SMILES string of the molecule is CC(C)(C)OC(=O)NCCN(Cc1ccc(Cl)cc1)S(C)(=O)=O. The van der Waals surface area contributed by atoms with Crippen LogP contribution in [0.15, 0.2) is 24.3 Å². The van der Waals surface area contributed by atoms with Gasteiger partial charge in [0.2, 0.25) is 10.0 Å². The van der Waals surface area contributed by atoms with Crippen molar-refractivity contribution in [1.82, 2.24) is 9.62 Å². The molecule has 0 unspecified atom stereocenters. The number of sulfonamides is 1. The Bertz CT molecular complexity index is 624. The zero-order chi connectivity index (χ0) is 17.7. The molecule has 0 atom stereocenters. The Labute approximate surface area is 142 Å². The molecule has 0 saturated heterocycles. The van der Waals surface area contributed by atoms with Crippen LogP contribution in [-0.2, 0) is 21.3 Å². The average Bonchev–Trinajstić information content (AvgIpc) is 2.36. The summed E-state index contributed by atoms with van der Waals surface area (Å²) in [6, 6.07) is 6.94. The quantitative estimate of drug-likeness (QED) is 0.844. The number of rotatable bonds is 6. The van der Waals surface area contributed by atoms with Crippen LogP contribution in [0.3, 0.4) is 0 Å². The fourth-order valence-corrected chi connectivity index (χ4v) is 2.68. The predicted molar refractivity (Wildman–Crippen MR) is 90.9 cm³/mol. The van der Waals surface area contributed by atoms with Crippen LogP contribution in [-0.4, -0.2) is 43.8 Å². The van der Waals surface area contributed by atoms with E-state index >= 15 is 0 Å². The third kappa shape index (κ3) is 8.20. The van der Waals surface area contributed by atoms with E-state index in [0.717, 1.165) is 11.8 Å². The number of ether oxygens (including phenoxy) is 1. The van der Waals surface area contributed by atoms with Gasteiger partial charge in [0.1, 0.15) is 5.60 Å². The van der Waals surface area contributed by atoms with E-state index in [0.29, 0.717) is 5.02 Å². The maximum atomic E-state index is 11.9. The van der Waals surface area contributed by atoms with Crippen LogP contribution in [0.1, 0.15) is 26.3 Å². The van der Waals surface area contributed by atoms with Crippen molar-refractivity contribution in [2.45, 2.75) is 32.9 Å². The van der Waals surface area contributed by atoms with Crippen molar-refractivity contribution < 1.29 is 17.9 Å². The van der Waals surface area contributed by atoms with Crippen molar-refractivity contribution in [2.75, 3.05) is 19.3 Å². The second kappa shape index (κ2) is 7.99. The first-order valence-electron chi connectivity index (χ1n) is 7.14. The third-order valence-corrected chi connectivity index (χ3v) is 4.27. The number of hydrogen-bond acceptors (Lipinski definition) is 4. The second-order valence-electron chi connectivity index (χ2n) is 6.15. The molecule has 1 aromatic rings. The van der Waals surface area contributed by atoms with Gasteiger partial charge in [-0.3, -0.25) is 0 Å². The number of benzene rings is 1. The molecule has 23 heavy (non-hydrogen) atoms. The van der Waals surface area contributed by atoms with E-state index in [4.69, 9.17) is 16.3 Å². The molecule has 0 aliphatic heterocycles. The number of amides is 1. The van der Waals surface area contributed by atoms with Gasteiger partial charge in [-0.05, 0) is 38.5 Å². The maximum absolute atomic E-state index is 11.9. The minimum atomic E-state index is -3.40. The Morgan fingerprint density at radius 3 is 2.30 bits per heavy atom. The number of hydrogen-bond donors (Lipinski definition) is 1. The summed E-state index contributed by atoms with van der Waals surface area (Å²) >= 11 is 5.82. The standard InChI is InChI=1S/C15H23ClN2O4S/c1-15(2,3)22-14(19)17-9-10-18(23(4,20)21)11-12-5-7-13(16)8-6-12/h5-8H,9-11H2,1-4H3,(H,17,19). The minimum absolute atomic E-state index is 0.153. The highest BCUT2D eigenvalue weighted by atomic mass is 35.5. The lowest BCUT2D eigenvalue weighted by molar-refractivity contribution is 0.0525. The summed E-state index contributed by atoms with van der Waals surface area (Å²) in [6.45, 7) is 5.81. The van der Waals surface area contributed by atoms with Crippen LogP contribution in [0.4, 0.5) is 4.79 Å². The molecule has 0 spiro atoms. The molecule has 1 N–H and O–H groups in total. The van der Waals surface area contributed by atoms with Gasteiger partial charge < -0.3 is 10.1 Å². The highest BCUT2D eigenvalue weighted by molar-refractivity contribution is 7.88. The minimum Gasteiger partial charge on any atom is -0.444 e. The van der Waals surface area contributed by atoms with E-state index in [1.807, 2.05) is 0 Å². The molecular weight excluding hydrogens is 340 g/mol. The molecule has 130 valence electrons. The van der Waals surface area contributed by atoms with Gasteiger partial charge in [-0.25, -0.2) is 13.2 Å². The Morgan fingerprint density at radius 1 is 1.26 bits per heavy atom. The van der Waals surface area contributed by atoms with Crippen molar-refractivity contribution in [2.24, 2.45) is 0 Å². The van der Waals surface area contributed by atoms with Gasteiger partial charge in [0, 0.05) is 24.7 Å². The van der Waals surface area contributed by atoms with Gasteiger partial charge in [0.15, 0.2) is 0 Å². The fourth-order valence-electron chi connectivity index (χ4n) is 1.75. The molecule has 0 aromatic heterocycles. The maximum Gasteiger partial charge on any atom is 0.407 e. The van der Waals surface area contributed by atoms with Crippen LogP contribution in [0, 0.1) is 0 Å². The zero-order valence-corrected chi connectivity index (χ0v) is 15.4. The van der Waals surface area contributed by atoms with Gasteiger partial charge in [0.25, 0.3) is 0 Å². The van der Waals surface area contributed by atoms with Crippen LogP contribution < -0.4 is 5.32 Å². The number of alkyl carbamates (subject to hydrolysis) is 1. The zero-order valence-electron chi connectivity index (χ0n) is 13.8. The Hall–Kier alpha value is -1.31. The van der Waals surface area contributed by atoms with Crippen molar-refractivity contribution in [3.8, 4) is 0 Å². The smallest absolute Gasteiger partial charge is 0.407 e. The van der Waals surface area contributed by atoms with E-state index in [-0.39, 0.29) is 19.6 Å². The lowest BCUT2D eigenvalue weighted by atomic mass is 10.2. The average molecular weight is 363 g/mol. The van der Waals surface area contributed by atoms with Gasteiger partial charge >= 0.3 is 6.09 Å². The molecule has 0 heterocycles. The summed E-state index contributed by atoms with van der Waals surface area (Å²) in [7, 11) is -3.40. The van der Waals surface area contributed by atoms with Gasteiger partial charge in [-0.1, -0.05) is 23.7 Å². The highest BCUT2D eigenvalue weighted by Gasteiger charge is 2.19. The van der Waals surface area contributed by atoms with Gasteiger partial charge in [0.05, 0.1) is 6.26 Å². The van der Waals surface area contributed by atoms with Crippen molar-refractivity contribution in [3.63, 3.8) is 0 Å². The van der Waals surface area contributed by atoms with Crippen LogP contribution in [0.5, 0.6) is 0 Å². The van der Waals surface area contributed by atoms with Crippen molar-refractivity contribution >= 4 is 27.7 Å². The molecule has 8 heteroatoms. The Morgan fingerprint density at radius 2 is 1.83 bits per heavy atom. The van der Waals surface area contributed by atoms with E-state index in [9.17, 15) is 13.2 Å². The molecule has 0 aliphatic carbocycles. The number of carbonyl (C=O) groups is 1. The summed E-state index contributed by atoms with van der Waals surface area (Å²) in [6.07, 6.45) is 0.564. The second-order valence-corrected chi connectivity index (χ2v) is 8.57. The Kier molecular flexibility index (Phi) is 6.85. The largest absolute Gasteiger partial charge is 0.444 e. The monoisotopic (exact) mass is 362 g/mol. The van der Waals surface area contributed by atoms with Crippen LogP contribution >= 0.6 is 11.6 Å². The predicted octanol–water partition coefficient (Wildman–Crippen LogP) is 2.63. The van der Waals surface area contributed by atoms with Gasteiger partial charge in [-0.2, -0.15) is 4.31 Å². The fraction of sp³-hybridized carbons (Fsp3) is 0.533. The molecule has 0 saturated carbocycles. The van der Waals surface area contributed by atoms with E-state index < -0.39 is 21.7 Å². The van der Waals surface area contributed by atoms with Crippen LogP contribution in [0.2, 0.25) is 5.02 Å². The van der Waals surface area contributed by atoms with E-state index in [1.54, 1.807) is 45.0 Å². The Balaban J connectivity index is 2.60. The molecule has 1 amide bonds. The summed E-state index contributed by atoms with van der Waals surface area (Å²) in [5, 5.41) is 3.14. The van der Waals surface area contributed by atoms with E-state index in [2.05, 4.69) is 5.32 Å².